The van der Waals surface area contributed by atoms with E-state index in [1.165, 1.54) is 0 Å². The maximum absolute atomic E-state index is 14.3. The van der Waals surface area contributed by atoms with Gasteiger partial charge in [0.2, 0.25) is 0 Å². The van der Waals surface area contributed by atoms with Crippen LogP contribution in [0.5, 0.6) is 0 Å². The molecule has 0 amide bonds. The molecule has 0 aromatic heterocycles. The quantitative estimate of drug-likeness (QED) is 0.781. The minimum atomic E-state index is -0.122. The molecule has 118 valence electrons. The van der Waals surface area contributed by atoms with E-state index in [2.05, 4.69) is 17.1 Å². The predicted molar refractivity (Wildman–Crippen MR) is 85.3 cm³/mol. The Morgan fingerprint density at radius 2 is 2.24 bits per heavy atom. The highest BCUT2D eigenvalue weighted by molar-refractivity contribution is 5.49. The number of halogens is 1. The van der Waals surface area contributed by atoms with Crippen LogP contribution in [0.15, 0.2) is 18.2 Å². The number of hydrogen-bond acceptors (Lipinski definition) is 3. The van der Waals surface area contributed by atoms with Gasteiger partial charge in [-0.05, 0) is 50.4 Å². The summed E-state index contributed by atoms with van der Waals surface area (Å²) in [7, 11) is 0. The van der Waals surface area contributed by atoms with Crippen molar-refractivity contribution in [3.8, 4) is 0 Å². The number of ether oxygens (including phenoxy) is 1. The van der Waals surface area contributed by atoms with E-state index in [0.717, 1.165) is 57.6 Å². The molecule has 3 nitrogen and oxygen atoms in total. The SMILES string of the molecule is CCCNCc1ccc(N2CCCC(OCC)C2)c(F)c1. The Hall–Kier alpha value is -1.13. The van der Waals surface area contributed by atoms with Gasteiger partial charge in [0, 0.05) is 26.2 Å². The second-order valence-corrected chi connectivity index (χ2v) is 5.63. The molecule has 1 saturated heterocycles. The standard InChI is InChI=1S/C17H27FN2O/c1-3-9-19-12-14-7-8-17(16(18)11-14)20-10-5-6-15(13-20)21-4-2/h7-8,11,15,19H,3-6,9-10,12-13H2,1-2H3. The number of benzene rings is 1. The molecule has 1 heterocycles. The van der Waals surface area contributed by atoms with Gasteiger partial charge in [-0.15, -0.1) is 0 Å². The first-order valence-corrected chi connectivity index (χ1v) is 8.10. The zero-order valence-electron chi connectivity index (χ0n) is 13.2. The van der Waals surface area contributed by atoms with Crippen LogP contribution in [0.4, 0.5) is 10.1 Å². The van der Waals surface area contributed by atoms with Crippen molar-refractivity contribution in [3.05, 3.63) is 29.6 Å². The highest BCUT2D eigenvalue weighted by atomic mass is 19.1. The van der Waals surface area contributed by atoms with Crippen molar-refractivity contribution in [2.75, 3.05) is 31.1 Å². The molecule has 1 aromatic carbocycles. The number of nitrogens with zero attached hydrogens (tertiary/aromatic N) is 1. The summed E-state index contributed by atoms with van der Waals surface area (Å²) in [6.45, 7) is 8.26. The van der Waals surface area contributed by atoms with Crippen molar-refractivity contribution in [3.63, 3.8) is 0 Å². The predicted octanol–water partition coefficient (Wildman–Crippen LogP) is 3.33. The Balaban J connectivity index is 1.99. The molecule has 1 atom stereocenters. The maximum Gasteiger partial charge on any atom is 0.146 e. The Kier molecular flexibility index (Phi) is 6.46. The number of hydrogen-bond donors (Lipinski definition) is 1. The number of rotatable bonds is 7. The second kappa shape index (κ2) is 8.35. The van der Waals surface area contributed by atoms with Crippen LogP contribution in [-0.4, -0.2) is 32.3 Å². The summed E-state index contributed by atoms with van der Waals surface area (Å²) in [6.07, 6.45) is 3.45. The van der Waals surface area contributed by atoms with Gasteiger partial charge < -0.3 is 15.0 Å². The van der Waals surface area contributed by atoms with E-state index in [9.17, 15) is 4.39 Å². The molecule has 1 aromatic rings. The average molecular weight is 294 g/mol. The molecule has 1 unspecified atom stereocenters. The van der Waals surface area contributed by atoms with E-state index in [4.69, 9.17) is 4.74 Å². The molecule has 0 aliphatic carbocycles. The summed E-state index contributed by atoms with van der Waals surface area (Å²) in [4.78, 5) is 2.11. The number of piperidine rings is 1. The highest BCUT2D eigenvalue weighted by Crippen LogP contribution is 2.25. The molecule has 1 aliphatic heterocycles. The fourth-order valence-corrected chi connectivity index (χ4v) is 2.86. The van der Waals surface area contributed by atoms with Crippen LogP contribution in [0.3, 0.4) is 0 Å². The van der Waals surface area contributed by atoms with Crippen molar-refractivity contribution in [2.24, 2.45) is 0 Å². The number of nitrogens with one attached hydrogen (secondary N) is 1. The van der Waals surface area contributed by atoms with Crippen LogP contribution in [0, 0.1) is 5.82 Å². The van der Waals surface area contributed by atoms with Gasteiger partial charge >= 0.3 is 0 Å². The number of anilines is 1. The Bertz CT molecular complexity index is 437. The maximum atomic E-state index is 14.3. The lowest BCUT2D eigenvalue weighted by molar-refractivity contribution is 0.0525. The van der Waals surface area contributed by atoms with Crippen LogP contribution in [-0.2, 0) is 11.3 Å². The highest BCUT2D eigenvalue weighted by Gasteiger charge is 2.22. The first-order valence-electron chi connectivity index (χ1n) is 8.10. The van der Waals surface area contributed by atoms with Crippen molar-refractivity contribution in [1.82, 2.24) is 5.32 Å². The summed E-state index contributed by atoms with van der Waals surface area (Å²) in [6, 6.07) is 5.58. The lowest BCUT2D eigenvalue weighted by Crippen LogP contribution is -2.40. The van der Waals surface area contributed by atoms with Gasteiger partial charge in [-0.2, -0.15) is 0 Å². The summed E-state index contributed by atoms with van der Waals surface area (Å²) in [5.41, 5.74) is 1.71. The molecule has 1 fully saturated rings. The largest absolute Gasteiger partial charge is 0.377 e. The first-order chi connectivity index (χ1) is 10.2. The van der Waals surface area contributed by atoms with Gasteiger partial charge in [0.25, 0.3) is 0 Å². The third kappa shape index (κ3) is 4.68. The third-order valence-electron chi connectivity index (χ3n) is 3.89. The zero-order valence-corrected chi connectivity index (χ0v) is 13.2. The van der Waals surface area contributed by atoms with E-state index in [1.807, 2.05) is 19.1 Å². The summed E-state index contributed by atoms with van der Waals surface area (Å²) >= 11 is 0. The fraction of sp³-hybridized carbons (Fsp3) is 0.647. The Morgan fingerprint density at radius 1 is 1.38 bits per heavy atom. The molecule has 0 saturated carbocycles. The molecule has 1 N–H and O–H groups in total. The van der Waals surface area contributed by atoms with Crippen LogP contribution in [0.1, 0.15) is 38.7 Å². The van der Waals surface area contributed by atoms with Crippen molar-refractivity contribution < 1.29 is 9.13 Å². The van der Waals surface area contributed by atoms with Crippen molar-refractivity contribution in [2.45, 2.75) is 45.8 Å². The topological polar surface area (TPSA) is 24.5 Å². The van der Waals surface area contributed by atoms with Gasteiger partial charge in [0.15, 0.2) is 0 Å². The lowest BCUT2D eigenvalue weighted by Gasteiger charge is -2.34. The molecule has 0 bridgehead atoms. The van der Waals surface area contributed by atoms with Crippen LogP contribution < -0.4 is 10.2 Å². The first kappa shape index (κ1) is 16.2. The minimum absolute atomic E-state index is 0.122. The van der Waals surface area contributed by atoms with Gasteiger partial charge in [-0.1, -0.05) is 13.0 Å². The monoisotopic (exact) mass is 294 g/mol. The molecule has 4 heteroatoms. The molecule has 2 rings (SSSR count). The normalized spacial score (nSPS) is 19.0. The molecule has 1 aliphatic rings. The van der Waals surface area contributed by atoms with Crippen molar-refractivity contribution in [1.29, 1.82) is 0 Å². The molecule has 21 heavy (non-hydrogen) atoms. The summed E-state index contributed by atoms with van der Waals surface area (Å²) in [5, 5.41) is 3.30. The minimum Gasteiger partial charge on any atom is -0.377 e. The van der Waals surface area contributed by atoms with E-state index in [0.29, 0.717) is 5.69 Å². The lowest BCUT2D eigenvalue weighted by atomic mass is 10.1. The van der Waals surface area contributed by atoms with Gasteiger partial charge in [-0.25, -0.2) is 4.39 Å². The molecule has 0 radical (unpaired) electrons. The molecule has 0 spiro atoms. The Morgan fingerprint density at radius 3 is 2.95 bits per heavy atom. The van der Waals surface area contributed by atoms with E-state index < -0.39 is 0 Å². The van der Waals surface area contributed by atoms with Gasteiger partial charge in [-0.3, -0.25) is 0 Å². The smallest absolute Gasteiger partial charge is 0.146 e. The van der Waals surface area contributed by atoms with E-state index in [-0.39, 0.29) is 11.9 Å². The summed E-state index contributed by atoms with van der Waals surface area (Å²) in [5.74, 6) is -0.122. The molecular formula is C17H27FN2O. The Labute approximate surface area is 127 Å². The van der Waals surface area contributed by atoms with E-state index >= 15 is 0 Å². The van der Waals surface area contributed by atoms with Gasteiger partial charge in [0.1, 0.15) is 5.82 Å². The van der Waals surface area contributed by atoms with Crippen LogP contribution >= 0.6 is 0 Å². The van der Waals surface area contributed by atoms with Gasteiger partial charge in [0.05, 0.1) is 11.8 Å². The third-order valence-corrected chi connectivity index (χ3v) is 3.89. The average Bonchev–Trinajstić information content (AvgIpc) is 2.48. The van der Waals surface area contributed by atoms with Crippen molar-refractivity contribution >= 4 is 5.69 Å². The van der Waals surface area contributed by atoms with Crippen LogP contribution in [0.2, 0.25) is 0 Å². The summed E-state index contributed by atoms with van der Waals surface area (Å²) < 4.78 is 20.0. The second-order valence-electron chi connectivity index (χ2n) is 5.63. The molecular weight excluding hydrogens is 267 g/mol. The van der Waals surface area contributed by atoms with Crippen LogP contribution in [0.25, 0.3) is 0 Å². The fourth-order valence-electron chi connectivity index (χ4n) is 2.86. The van der Waals surface area contributed by atoms with E-state index in [1.54, 1.807) is 6.07 Å². The zero-order chi connectivity index (χ0) is 15.1.